The lowest BCUT2D eigenvalue weighted by molar-refractivity contribution is 0.0493. The van der Waals surface area contributed by atoms with Gasteiger partial charge in [0.1, 0.15) is 17.7 Å². The number of halogens is 1. The second kappa shape index (κ2) is 5.83. The first-order chi connectivity index (χ1) is 9.40. The number of nitriles is 1. The molecule has 0 bridgehead atoms. The lowest BCUT2D eigenvalue weighted by Gasteiger charge is -2.39. The van der Waals surface area contributed by atoms with Gasteiger partial charge in [-0.15, -0.1) is 0 Å². The van der Waals surface area contributed by atoms with Crippen LogP contribution in [0.4, 0.5) is 4.39 Å². The fourth-order valence-corrected chi connectivity index (χ4v) is 2.88. The van der Waals surface area contributed by atoms with Gasteiger partial charge in [-0.25, -0.2) is 4.39 Å². The highest BCUT2D eigenvalue weighted by Gasteiger charge is 2.37. The zero-order chi connectivity index (χ0) is 14.8. The fourth-order valence-electron chi connectivity index (χ4n) is 2.88. The van der Waals surface area contributed by atoms with Crippen molar-refractivity contribution in [3.8, 4) is 11.8 Å². The summed E-state index contributed by atoms with van der Waals surface area (Å²) < 4.78 is 18.9. The molecule has 1 aromatic carbocycles. The Labute approximate surface area is 120 Å². The van der Waals surface area contributed by atoms with Gasteiger partial charge in [-0.2, -0.15) is 5.26 Å². The second-order valence-corrected chi connectivity index (χ2v) is 6.72. The van der Waals surface area contributed by atoms with Gasteiger partial charge < -0.3 is 4.74 Å². The first kappa shape index (κ1) is 14.8. The maximum Gasteiger partial charge on any atom is 0.123 e. The molecule has 0 spiro atoms. The Morgan fingerprint density at radius 2 is 1.85 bits per heavy atom. The zero-order valence-electron chi connectivity index (χ0n) is 12.4. The molecule has 0 aliphatic heterocycles. The Morgan fingerprint density at radius 3 is 2.40 bits per heavy atom. The molecule has 3 unspecified atom stereocenters. The molecule has 3 heteroatoms. The van der Waals surface area contributed by atoms with E-state index in [1.165, 1.54) is 12.1 Å². The Morgan fingerprint density at radius 1 is 1.20 bits per heavy atom. The van der Waals surface area contributed by atoms with Gasteiger partial charge in [0.2, 0.25) is 0 Å². The molecule has 0 N–H and O–H groups in total. The third kappa shape index (κ3) is 3.50. The van der Waals surface area contributed by atoms with Crippen molar-refractivity contribution in [2.45, 2.75) is 46.1 Å². The normalized spacial score (nSPS) is 26.9. The number of benzene rings is 1. The number of ether oxygens (including phenoxy) is 1. The highest BCUT2D eigenvalue weighted by Crippen LogP contribution is 2.41. The lowest BCUT2D eigenvalue weighted by atomic mass is 9.69. The van der Waals surface area contributed by atoms with Gasteiger partial charge in [0.15, 0.2) is 0 Å². The van der Waals surface area contributed by atoms with Crippen LogP contribution in [0.2, 0.25) is 0 Å². The minimum absolute atomic E-state index is 0.0707. The van der Waals surface area contributed by atoms with Crippen LogP contribution in [0, 0.1) is 34.4 Å². The summed E-state index contributed by atoms with van der Waals surface area (Å²) in [6, 6.07) is 8.40. The quantitative estimate of drug-likeness (QED) is 0.792. The Balaban J connectivity index is 2.09. The van der Waals surface area contributed by atoms with Gasteiger partial charge in [-0.1, -0.05) is 20.8 Å². The smallest absolute Gasteiger partial charge is 0.123 e. The minimum atomic E-state index is -0.273. The van der Waals surface area contributed by atoms with Crippen LogP contribution in [0.5, 0.6) is 5.75 Å². The number of rotatable bonds is 2. The number of hydrogen-bond donors (Lipinski definition) is 0. The van der Waals surface area contributed by atoms with E-state index in [9.17, 15) is 9.65 Å². The summed E-state index contributed by atoms with van der Waals surface area (Å²) in [5, 5.41) is 9.28. The first-order valence-electron chi connectivity index (χ1n) is 7.22. The molecule has 1 aliphatic carbocycles. The Bertz CT molecular complexity index is 483. The van der Waals surface area contributed by atoms with E-state index in [1.54, 1.807) is 12.1 Å². The molecule has 2 rings (SSSR count). The van der Waals surface area contributed by atoms with Crippen molar-refractivity contribution >= 4 is 0 Å². The van der Waals surface area contributed by atoms with E-state index >= 15 is 0 Å². The summed E-state index contributed by atoms with van der Waals surface area (Å²) in [5.74, 6) is 0.854. The molecule has 1 aromatic rings. The SMILES string of the molecule is CC(C)(C)C1CCC(C#N)C(Oc2ccc(F)cc2)C1. The summed E-state index contributed by atoms with van der Waals surface area (Å²) >= 11 is 0. The van der Waals surface area contributed by atoms with E-state index in [-0.39, 0.29) is 23.3 Å². The molecule has 20 heavy (non-hydrogen) atoms. The van der Waals surface area contributed by atoms with Crippen LogP contribution >= 0.6 is 0 Å². The zero-order valence-corrected chi connectivity index (χ0v) is 12.4. The molecule has 0 saturated heterocycles. The monoisotopic (exact) mass is 275 g/mol. The van der Waals surface area contributed by atoms with Crippen LogP contribution in [0.1, 0.15) is 40.0 Å². The molecule has 108 valence electrons. The van der Waals surface area contributed by atoms with Gasteiger partial charge in [0.05, 0.1) is 12.0 Å². The van der Waals surface area contributed by atoms with Crippen molar-refractivity contribution in [2.24, 2.45) is 17.3 Å². The highest BCUT2D eigenvalue weighted by atomic mass is 19.1. The Kier molecular flexibility index (Phi) is 4.32. The van der Waals surface area contributed by atoms with E-state index in [4.69, 9.17) is 4.74 Å². The third-order valence-electron chi connectivity index (χ3n) is 4.28. The van der Waals surface area contributed by atoms with E-state index in [1.807, 2.05) is 0 Å². The van der Waals surface area contributed by atoms with Gasteiger partial charge in [-0.05, 0) is 54.9 Å². The van der Waals surface area contributed by atoms with Crippen LogP contribution in [0.3, 0.4) is 0 Å². The molecular formula is C17H22FNO. The van der Waals surface area contributed by atoms with Crippen molar-refractivity contribution in [3.05, 3.63) is 30.1 Å². The molecule has 1 aliphatic rings. The van der Waals surface area contributed by atoms with Crippen molar-refractivity contribution in [3.63, 3.8) is 0 Å². The van der Waals surface area contributed by atoms with Gasteiger partial charge in [-0.3, -0.25) is 0 Å². The predicted molar refractivity (Wildman–Crippen MR) is 76.7 cm³/mol. The molecule has 1 saturated carbocycles. The summed E-state index contributed by atoms with van der Waals surface area (Å²) in [7, 11) is 0. The molecule has 0 amide bonds. The van der Waals surface area contributed by atoms with Gasteiger partial charge in [0.25, 0.3) is 0 Å². The van der Waals surface area contributed by atoms with Crippen LogP contribution in [-0.4, -0.2) is 6.10 Å². The van der Waals surface area contributed by atoms with Crippen LogP contribution in [-0.2, 0) is 0 Å². The number of nitrogens with zero attached hydrogens (tertiary/aromatic N) is 1. The lowest BCUT2D eigenvalue weighted by Crippen LogP contribution is -2.37. The summed E-state index contributed by atoms with van der Waals surface area (Å²) in [4.78, 5) is 0. The van der Waals surface area contributed by atoms with Crippen molar-refractivity contribution in [1.29, 1.82) is 5.26 Å². The van der Waals surface area contributed by atoms with E-state index in [0.29, 0.717) is 11.7 Å². The molecule has 0 heterocycles. The van der Waals surface area contributed by atoms with E-state index in [0.717, 1.165) is 19.3 Å². The second-order valence-electron chi connectivity index (χ2n) is 6.72. The van der Waals surface area contributed by atoms with Crippen LogP contribution in [0.25, 0.3) is 0 Å². The molecule has 0 aromatic heterocycles. The topological polar surface area (TPSA) is 33.0 Å². The predicted octanol–water partition coefficient (Wildman–Crippen LogP) is 4.56. The van der Waals surface area contributed by atoms with E-state index in [2.05, 4.69) is 26.8 Å². The van der Waals surface area contributed by atoms with Crippen molar-refractivity contribution < 1.29 is 9.13 Å². The van der Waals surface area contributed by atoms with Crippen molar-refractivity contribution in [1.82, 2.24) is 0 Å². The number of hydrogen-bond acceptors (Lipinski definition) is 2. The molecule has 3 atom stereocenters. The largest absolute Gasteiger partial charge is 0.489 e. The van der Waals surface area contributed by atoms with Crippen LogP contribution in [0.15, 0.2) is 24.3 Å². The molecular weight excluding hydrogens is 253 g/mol. The molecule has 0 radical (unpaired) electrons. The summed E-state index contributed by atoms with van der Waals surface area (Å²) in [5.41, 5.74) is 0.227. The average Bonchev–Trinajstić information content (AvgIpc) is 2.40. The minimum Gasteiger partial charge on any atom is -0.489 e. The van der Waals surface area contributed by atoms with Crippen molar-refractivity contribution in [2.75, 3.05) is 0 Å². The summed E-state index contributed by atoms with van der Waals surface area (Å²) in [6.07, 6.45) is 2.75. The van der Waals surface area contributed by atoms with E-state index < -0.39 is 0 Å². The maximum atomic E-state index is 12.9. The Hall–Kier alpha value is -1.56. The maximum absolute atomic E-state index is 12.9. The summed E-state index contributed by atoms with van der Waals surface area (Å²) in [6.45, 7) is 6.71. The highest BCUT2D eigenvalue weighted by molar-refractivity contribution is 5.22. The first-order valence-corrected chi connectivity index (χ1v) is 7.22. The third-order valence-corrected chi connectivity index (χ3v) is 4.28. The standard InChI is InChI=1S/C17H22FNO/c1-17(2,3)13-5-4-12(11-19)16(10-13)20-15-8-6-14(18)7-9-15/h6-9,12-13,16H,4-5,10H2,1-3H3. The molecule has 1 fully saturated rings. The molecule has 2 nitrogen and oxygen atoms in total. The van der Waals surface area contributed by atoms with Crippen LogP contribution < -0.4 is 4.74 Å². The van der Waals surface area contributed by atoms with Gasteiger partial charge in [0, 0.05) is 0 Å². The average molecular weight is 275 g/mol. The fraction of sp³-hybridized carbons (Fsp3) is 0.588. The van der Waals surface area contributed by atoms with Gasteiger partial charge >= 0.3 is 0 Å².